The number of halogens is 2. The molecular formula is C18H16B2BrFN2O2. The van der Waals surface area contributed by atoms with Crippen molar-refractivity contribution >= 4 is 37.5 Å². The monoisotopic (exact) mass is 412 g/mol. The minimum Gasteiger partial charge on any atom is -0.493 e. The molecule has 1 aliphatic rings. The van der Waals surface area contributed by atoms with Crippen molar-refractivity contribution in [2.45, 2.75) is 25.7 Å². The van der Waals surface area contributed by atoms with Crippen molar-refractivity contribution in [3.63, 3.8) is 0 Å². The van der Waals surface area contributed by atoms with E-state index in [1.54, 1.807) is 18.2 Å². The third-order valence-corrected chi connectivity index (χ3v) is 4.57. The van der Waals surface area contributed by atoms with Crippen LogP contribution in [0.5, 0.6) is 5.75 Å². The minimum absolute atomic E-state index is 0.130. The molecular weight excluding hydrogens is 397 g/mol. The van der Waals surface area contributed by atoms with Crippen molar-refractivity contribution in [1.29, 1.82) is 0 Å². The highest BCUT2D eigenvalue weighted by Gasteiger charge is 2.43. The van der Waals surface area contributed by atoms with Crippen LogP contribution >= 0.6 is 15.9 Å². The van der Waals surface area contributed by atoms with Crippen LogP contribution in [-0.2, 0) is 11.9 Å². The molecule has 4 nitrogen and oxygen atoms in total. The predicted molar refractivity (Wildman–Crippen MR) is 102 cm³/mol. The van der Waals surface area contributed by atoms with E-state index in [4.69, 9.17) is 20.4 Å². The molecule has 26 heavy (non-hydrogen) atoms. The summed E-state index contributed by atoms with van der Waals surface area (Å²) in [6.07, 6.45) is 1.52. The SMILES string of the molecule is [B]C1([B])c2ncccc2C(=O)N1Cc1c(F)cc(Br)cc1OCC(C)C. The number of amides is 1. The summed E-state index contributed by atoms with van der Waals surface area (Å²) in [7, 11) is 12.3. The lowest BCUT2D eigenvalue weighted by Crippen LogP contribution is -2.44. The average molecular weight is 413 g/mol. The first-order valence-corrected chi connectivity index (χ1v) is 8.97. The molecule has 0 N–H and O–H groups in total. The van der Waals surface area contributed by atoms with Gasteiger partial charge in [-0.15, -0.1) is 0 Å². The van der Waals surface area contributed by atoms with Gasteiger partial charge in [-0.25, -0.2) is 4.39 Å². The van der Waals surface area contributed by atoms with Crippen molar-refractivity contribution in [2.75, 3.05) is 6.61 Å². The minimum atomic E-state index is -1.62. The van der Waals surface area contributed by atoms with Crippen LogP contribution in [0.2, 0.25) is 0 Å². The molecule has 0 fully saturated rings. The number of nitrogens with zero attached hydrogens (tertiary/aromatic N) is 2. The lowest BCUT2D eigenvalue weighted by molar-refractivity contribution is 0.0727. The molecule has 1 aromatic heterocycles. The second-order valence-corrected chi connectivity index (χ2v) is 7.60. The van der Waals surface area contributed by atoms with Crippen LogP contribution < -0.4 is 4.74 Å². The molecule has 0 atom stereocenters. The van der Waals surface area contributed by atoms with Gasteiger partial charge in [-0.05, 0) is 30.2 Å². The van der Waals surface area contributed by atoms with E-state index >= 15 is 0 Å². The van der Waals surface area contributed by atoms with Crippen molar-refractivity contribution in [2.24, 2.45) is 5.92 Å². The van der Waals surface area contributed by atoms with Gasteiger partial charge in [0, 0.05) is 21.6 Å². The topological polar surface area (TPSA) is 42.4 Å². The molecule has 130 valence electrons. The lowest BCUT2D eigenvalue weighted by atomic mass is 9.59. The molecule has 0 bridgehead atoms. The maximum Gasteiger partial charge on any atom is 0.255 e. The van der Waals surface area contributed by atoms with E-state index in [1.807, 2.05) is 13.8 Å². The van der Waals surface area contributed by atoms with Crippen LogP contribution in [0.4, 0.5) is 4.39 Å². The van der Waals surface area contributed by atoms with Crippen molar-refractivity contribution in [3.8, 4) is 5.75 Å². The summed E-state index contributed by atoms with van der Waals surface area (Å²) >= 11 is 3.26. The number of carbonyl (C=O) groups is 1. The Morgan fingerprint density at radius 3 is 2.77 bits per heavy atom. The highest BCUT2D eigenvalue weighted by atomic mass is 79.9. The summed E-state index contributed by atoms with van der Waals surface area (Å²) < 4.78 is 20.9. The molecule has 3 rings (SSSR count). The van der Waals surface area contributed by atoms with Crippen molar-refractivity contribution < 1.29 is 13.9 Å². The van der Waals surface area contributed by atoms with Crippen LogP contribution in [0.1, 0.15) is 35.5 Å². The van der Waals surface area contributed by atoms with E-state index in [1.165, 1.54) is 17.2 Å². The Kier molecular flexibility index (Phi) is 5.15. The fraction of sp³-hybridized carbons (Fsp3) is 0.333. The first-order valence-electron chi connectivity index (χ1n) is 8.17. The third kappa shape index (κ3) is 3.39. The molecule has 2 aromatic rings. The summed E-state index contributed by atoms with van der Waals surface area (Å²) in [5, 5.41) is -1.62. The number of pyridine rings is 1. The smallest absolute Gasteiger partial charge is 0.255 e. The van der Waals surface area contributed by atoms with Gasteiger partial charge < -0.3 is 9.64 Å². The summed E-state index contributed by atoms with van der Waals surface area (Å²) in [5.74, 6) is -0.297. The van der Waals surface area contributed by atoms with Gasteiger partial charge in [-0.1, -0.05) is 29.8 Å². The quantitative estimate of drug-likeness (QED) is 0.709. The van der Waals surface area contributed by atoms with Gasteiger partial charge in [0.15, 0.2) is 0 Å². The fourth-order valence-electron chi connectivity index (χ4n) is 2.82. The molecule has 1 amide bonds. The molecule has 0 saturated carbocycles. The average Bonchev–Trinajstić information content (AvgIpc) is 2.76. The molecule has 1 aliphatic heterocycles. The van der Waals surface area contributed by atoms with Gasteiger partial charge >= 0.3 is 0 Å². The molecule has 0 unspecified atom stereocenters. The zero-order valence-corrected chi connectivity index (χ0v) is 16.1. The second kappa shape index (κ2) is 7.06. The molecule has 2 heterocycles. The molecule has 1 aromatic carbocycles. The third-order valence-electron chi connectivity index (χ3n) is 4.12. The summed E-state index contributed by atoms with van der Waals surface area (Å²) in [6.45, 7) is 4.26. The number of hydrogen-bond acceptors (Lipinski definition) is 3. The molecule has 8 heteroatoms. The van der Waals surface area contributed by atoms with Gasteiger partial charge in [0.2, 0.25) is 0 Å². The fourth-order valence-corrected chi connectivity index (χ4v) is 3.23. The number of fused-ring (bicyclic) bond motifs is 1. The molecule has 0 saturated heterocycles. The van der Waals surface area contributed by atoms with Gasteiger partial charge in [-0.3, -0.25) is 9.78 Å². The van der Waals surface area contributed by atoms with Gasteiger partial charge in [0.1, 0.15) is 11.6 Å². The predicted octanol–water partition coefficient (Wildman–Crippen LogP) is 3.12. The lowest BCUT2D eigenvalue weighted by Gasteiger charge is -2.33. The zero-order chi connectivity index (χ0) is 19.1. The van der Waals surface area contributed by atoms with E-state index in [-0.39, 0.29) is 23.7 Å². The van der Waals surface area contributed by atoms with Crippen LogP contribution in [0.25, 0.3) is 0 Å². The Labute approximate surface area is 163 Å². The highest BCUT2D eigenvalue weighted by Crippen LogP contribution is 2.37. The number of carbonyl (C=O) groups excluding carboxylic acids is 1. The Morgan fingerprint density at radius 1 is 1.38 bits per heavy atom. The number of benzene rings is 1. The Balaban J connectivity index is 1.98. The van der Waals surface area contributed by atoms with E-state index in [0.29, 0.717) is 22.4 Å². The van der Waals surface area contributed by atoms with Crippen molar-refractivity contribution in [3.05, 3.63) is 57.6 Å². The van der Waals surface area contributed by atoms with Gasteiger partial charge in [-0.2, -0.15) is 0 Å². The first kappa shape index (κ1) is 19.0. The highest BCUT2D eigenvalue weighted by molar-refractivity contribution is 9.10. The number of aromatic nitrogens is 1. The number of ether oxygens (including phenoxy) is 1. The van der Waals surface area contributed by atoms with E-state index in [9.17, 15) is 9.18 Å². The van der Waals surface area contributed by atoms with Crippen LogP contribution in [0.3, 0.4) is 0 Å². The normalized spacial score (nSPS) is 15.4. The molecule has 4 radical (unpaired) electrons. The van der Waals surface area contributed by atoms with Crippen LogP contribution in [-0.4, -0.2) is 38.1 Å². The Morgan fingerprint density at radius 2 is 2.12 bits per heavy atom. The van der Waals surface area contributed by atoms with E-state index in [2.05, 4.69) is 20.9 Å². The van der Waals surface area contributed by atoms with Crippen LogP contribution in [0, 0.1) is 11.7 Å². The summed E-state index contributed by atoms with van der Waals surface area (Å²) in [5.41, 5.74) is 0.808. The Hall–Kier alpha value is -1.82. The maximum atomic E-state index is 14.7. The summed E-state index contributed by atoms with van der Waals surface area (Å²) in [6, 6.07) is 6.22. The first-order chi connectivity index (χ1) is 12.2. The van der Waals surface area contributed by atoms with Crippen LogP contribution in [0.15, 0.2) is 34.9 Å². The van der Waals surface area contributed by atoms with Crippen molar-refractivity contribution in [1.82, 2.24) is 9.88 Å². The number of rotatable bonds is 5. The number of hydrogen-bond donors (Lipinski definition) is 0. The molecule has 0 spiro atoms. The van der Waals surface area contributed by atoms with Gasteiger partial charge in [0.05, 0.1) is 40.1 Å². The Bertz CT molecular complexity index is 861. The largest absolute Gasteiger partial charge is 0.493 e. The van der Waals surface area contributed by atoms with Gasteiger partial charge in [0.25, 0.3) is 5.91 Å². The standard InChI is InChI=1S/C18H16B2BrFN2O2/c1-10(2)9-26-15-7-11(21)6-14(22)13(15)8-24-17(25)12-4-3-5-23-16(12)18(24,19)20/h3-7,10H,8-9H2,1-2H3. The molecule has 0 aliphatic carbocycles. The summed E-state index contributed by atoms with van der Waals surface area (Å²) in [4.78, 5) is 18.1. The second-order valence-electron chi connectivity index (χ2n) is 6.69. The van der Waals surface area contributed by atoms with E-state index in [0.717, 1.165) is 0 Å². The maximum absolute atomic E-state index is 14.7. The zero-order valence-electron chi connectivity index (χ0n) is 14.5. The van der Waals surface area contributed by atoms with E-state index < -0.39 is 17.1 Å².